The highest BCUT2D eigenvalue weighted by atomic mass is 127. The highest BCUT2D eigenvalue weighted by molar-refractivity contribution is 14.1. The molecule has 0 aliphatic heterocycles. The van der Waals surface area contributed by atoms with Gasteiger partial charge in [0, 0.05) is 6.42 Å². The van der Waals surface area contributed by atoms with Gasteiger partial charge in [-0.15, -0.1) is 0 Å². The summed E-state index contributed by atoms with van der Waals surface area (Å²) in [6.07, 6.45) is 5.28. The first-order chi connectivity index (χ1) is 3.91. The Morgan fingerprint density at radius 2 is 2.00 bits per heavy atom. The lowest BCUT2D eigenvalue weighted by atomic mass is 10.2. The highest BCUT2D eigenvalue weighted by Gasteiger charge is 1.84. The maximum atomic E-state index is 9.77. The first-order valence-corrected chi connectivity index (χ1v) is 4.44. The van der Waals surface area contributed by atoms with Crippen molar-refractivity contribution in [3.8, 4) is 0 Å². The van der Waals surface area contributed by atoms with E-state index in [-0.39, 0.29) is 0 Å². The SMILES string of the molecule is O=CCCCCCI. The quantitative estimate of drug-likeness (QED) is 0.304. The van der Waals surface area contributed by atoms with Crippen molar-refractivity contribution in [1.82, 2.24) is 0 Å². The Hall–Kier alpha value is 0.400. The highest BCUT2D eigenvalue weighted by Crippen LogP contribution is 1.99. The minimum absolute atomic E-state index is 0.747. The van der Waals surface area contributed by atoms with Crippen LogP contribution in [0.1, 0.15) is 25.7 Å². The Bertz CT molecular complexity index is 54.5. The fraction of sp³-hybridized carbons (Fsp3) is 0.833. The summed E-state index contributed by atoms with van der Waals surface area (Å²) >= 11 is 2.35. The van der Waals surface area contributed by atoms with E-state index in [1.165, 1.54) is 17.3 Å². The van der Waals surface area contributed by atoms with Crippen molar-refractivity contribution in [2.75, 3.05) is 4.43 Å². The van der Waals surface area contributed by atoms with E-state index >= 15 is 0 Å². The van der Waals surface area contributed by atoms with Crippen molar-refractivity contribution < 1.29 is 4.79 Å². The fourth-order valence-corrected chi connectivity index (χ4v) is 1.04. The first kappa shape index (κ1) is 8.40. The van der Waals surface area contributed by atoms with Gasteiger partial charge in [-0.3, -0.25) is 0 Å². The molecule has 0 saturated carbocycles. The van der Waals surface area contributed by atoms with Crippen LogP contribution in [0.2, 0.25) is 0 Å². The molecule has 0 aromatic rings. The first-order valence-electron chi connectivity index (χ1n) is 2.91. The Morgan fingerprint density at radius 3 is 2.50 bits per heavy atom. The van der Waals surface area contributed by atoms with Crippen molar-refractivity contribution in [1.29, 1.82) is 0 Å². The van der Waals surface area contributed by atoms with Gasteiger partial charge in [0.2, 0.25) is 0 Å². The maximum Gasteiger partial charge on any atom is 0.119 e. The maximum absolute atomic E-state index is 9.77. The average molecular weight is 226 g/mol. The molecule has 0 radical (unpaired) electrons. The standard InChI is InChI=1S/C6H11IO/c7-5-3-1-2-4-6-8/h6H,1-5H2. The summed E-state index contributed by atoms with van der Waals surface area (Å²) < 4.78 is 1.22. The van der Waals surface area contributed by atoms with Gasteiger partial charge in [-0.05, 0) is 17.3 Å². The zero-order valence-electron chi connectivity index (χ0n) is 4.90. The average Bonchev–Trinajstić information content (AvgIpc) is 1.81. The van der Waals surface area contributed by atoms with Crippen LogP contribution in [0.4, 0.5) is 0 Å². The third-order valence-corrected chi connectivity index (χ3v) is 1.72. The van der Waals surface area contributed by atoms with Gasteiger partial charge >= 0.3 is 0 Å². The molecule has 0 N–H and O–H groups in total. The van der Waals surface area contributed by atoms with Crippen LogP contribution in [-0.4, -0.2) is 10.7 Å². The van der Waals surface area contributed by atoms with Crippen LogP contribution in [-0.2, 0) is 4.79 Å². The molecule has 1 nitrogen and oxygen atoms in total. The van der Waals surface area contributed by atoms with Gasteiger partial charge in [0.15, 0.2) is 0 Å². The van der Waals surface area contributed by atoms with Gasteiger partial charge in [0.25, 0.3) is 0 Å². The number of carbonyl (C=O) groups excluding carboxylic acids is 1. The molecule has 0 aromatic carbocycles. The Morgan fingerprint density at radius 1 is 1.25 bits per heavy atom. The monoisotopic (exact) mass is 226 g/mol. The second-order valence-corrected chi connectivity index (χ2v) is 2.78. The second kappa shape index (κ2) is 7.40. The van der Waals surface area contributed by atoms with E-state index in [1.807, 2.05) is 0 Å². The van der Waals surface area contributed by atoms with E-state index < -0.39 is 0 Å². The summed E-state index contributed by atoms with van der Waals surface area (Å²) in [5.74, 6) is 0. The Balaban J connectivity index is 2.62. The molecule has 0 atom stereocenters. The van der Waals surface area contributed by atoms with E-state index in [0.717, 1.165) is 19.1 Å². The lowest BCUT2D eigenvalue weighted by molar-refractivity contribution is -0.107. The van der Waals surface area contributed by atoms with Gasteiger partial charge in [-0.25, -0.2) is 0 Å². The number of hydrogen-bond acceptors (Lipinski definition) is 1. The van der Waals surface area contributed by atoms with Crippen LogP contribution in [0.3, 0.4) is 0 Å². The van der Waals surface area contributed by atoms with E-state index in [4.69, 9.17) is 0 Å². The number of rotatable bonds is 5. The normalized spacial score (nSPS) is 9.12. The minimum atomic E-state index is 0.747. The molecule has 0 aliphatic carbocycles. The van der Waals surface area contributed by atoms with Crippen LogP contribution in [0.5, 0.6) is 0 Å². The molecule has 0 bridgehead atoms. The molecule has 2 heteroatoms. The summed E-state index contributed by atoms with van der Waals surface area (Å²) in [6.45, 7) is 0. The van der Waals surface area contributed by atoms with Crippen molar-refractivity contribution in [3.05, 3.63) is 0 Å². The molecule has 48 valence electrons. The van der Waals surface area contributed by atoms with Gasteiger partial charge < -0.3 is 4.79 Å². The molecular weight excluding hydrogens is 215 g/mol. The summed E-state index contributed by atoms with van der Waals surface area (Å²) in [5, 5.41) is 0. The minimum Gasteiger partial charge on any atom is -0.303 e. The van der Waals surface area contributed by atoms with E-state index in [1.54, 1.807) is 0 Å². The Labute approximate surface area is 64.0 Å². The number of alkyl halides is 1. The molecule has 8 heavy (non-hydrogen) atoms. The third-order valence-electron chi connectivity index (χ3n) is 0.956. The zero-order chi connectivity index (χ0) is 6.24. The molecule has 0 aromatic heterocycles. The van der Waals surface area contributed by atoms with Crippen molar-refractivity contribution in [2.24, 2.45) is 0 Å². The topological polar surface area (TPSA) is 17.1 Å². The van der Waals surface area contributed by atoms with Gasteiger partial charge in [-0.2, -0.15) is 0 Å². The lowest BCUT2D eigenvalue weighted by Crippen LogP contribution is -1.78. The molecule has 0 fully saturated rings. The van der Waals surface area contributed by atoms with Crippen molar-refractivity contribution >= 4 is 28.9 Å². The van der Waals surface area contributed by atoms with Gasteiger partial charge in [-0.1, -0.05) is 29.0 Å². The third kappa shape index (κ3) is 6.40. The van der Waals surface area contributed by atoms with Crippen molar-refractivity contribution in [3.63, 3.8) is 0 Å². The Kier molecular flexibility index (Phi) is 7.77. The fourth-order valence-electron chi connectivity index (χ4n) is 0.499. The molecule has 0 unspecified atom stereocenters. The smallest absolute Gasteiger partial charge is 0.119 e. The van der Waals surface area contributed by atoms with Crippen molar-refractivity contribution in [2.45, 2.75) is 25.7 Å². The predicted octanol–water partition coefficient (Wildman–Crippen LogP) is 2.18. The summed E-state index contributed by atoms with van der Waals surface area (Å²) in [6, 6.07) is 0. The molecule has 0 rings (SSSR count). The van der Waals surface area contributed by atoms with Crippen LogP contribution < -0.4 is 0 Å². The van der Waals surface area contributed by atoms with Crippen LogP contribution in [0.25, 0.3) is 0 Å². The number of hydrogen-bond donors (Lipinski definition) is 0. The predicted molar refractivity (Wildman–Crippen MR) is 43.4 cm³/mol. The molecule has 0 amide bonds. The zero-order valence-corrected chi connectivity index (χ0v) is 7.06. The number of halogens is 1. The lowest BCUT2D eigenvalue weighted by Gasteiger charge is -1.89. The number of carbonyl (C=O) groups is 1. The largest absolute Gasteiger partial charge is 0.303 e. The van der Waals surface area contributed by atoms with Crippen LogP contribution >= 0.6 is 22.6 Å². The molecule has 0 heterocycles. The van der Waals surface area contributed by atoms with Crippen LogP contribution in [0.15, 0.2) is 0 Å². The number of unbranched alkanes of at least 4 members (excludes halogenated alkanes) is 3. The molecule has 0 spiro atoms. The van der Waals surface area contributed by atoms with E-state index in [0.29, 0.717) is 0 Å². The van der Waals surface area contributed by atoms with E-state index in [9.17, 15) is 4.79 Å². The molecular formula is C6H11IO. The number of aldehydes is 1. The second-order valence-electron chi connectivity index (χ2n) is 1.70. The van der Waals surface area contributed by atoms with E-state index in [2.05, 4.69) is 22.6 Å². The van der Waals surface area contributed by atoms with Crippen LogP contribution in [0, 0.1) is 0 Å². The summed E-state index contributed by atoms with van der Waals surface area (Å²) in [4.78, 5) is 9.77. The molecule has 0 saturated heterocycles. The summed E-state index contributed by atoms with van der Waals surface area (Å²) in [7, 11) is 0. The summed E-state index contributed by atoms with van der Waals surface area (Å²) in [5.41, 5.74) is 0. The van der Waals surface area contributed by atoms with Gasteiger partial charge in [0.1, 0.15) is 6.29 Å². The molecule has 0 aliphatic rings. The van der Waals surface area contributed by atoms with Gasteiger partial charge in [0.05, 0.1) is 0 Å².